The van der Waals surface area contributed by atoms with Crippen LogP contribution in [-0.2, 0) is 14.8 Å². The molecule has 0 spiro atoms. The van der Waals surface area contributed by atoms with E-state index in [0.29, 0.717) is 0 Å². The van der Waals surface area contributed by atoms with Gasteiger partial charge in [-0.2, -0.15) is 4.31 Å². The van der Waals surface area contributed by atoms with Crippen molar-refractivity contribution in [2.24, 2.45) is 0 Å². The van der Waals surface area contributed by atoms with Crippen LogP contribution >= 0.6 is 15.9 Å². The monoisotopic (exact) mass is 367 g/mol. The number of morpholine rings is 1. The fraction of sp³-hybridized carbons (Fsp3) is 0.500. The van der Waals surface area contributed by atoms with Crippen LogP contribution in [0, 0.1) is 5.82 Å². The van der Waals surface area contributed by atoms with Gasteiger partial charge < -0.3 is 9.84 Å². The van der Waals surface area contributed by atoms with Gasteiger partial charge in [0.15, 0.2) is 0 Å². The lowest BCUT2D eigenvalue weighted by atomic mass is 10.2. The van der Waals surface area contributed by atoms with Crippen molar-refractivity contribution in [3.63, 3.8) is 0 Å². The summed E-state index contributed by atoms with van der Waals surface area (Å²) in [6.07, 6.45) is -0.859. The van der Waals surface area contributed by atoms with E-state index >= 15 is 0 Å². The van der Waals surface area contributed by atoms with Gasteiger partial charge in [-0.05, 0) is 41.1 Å². The highest BCUT2D eigenvalue weighted by Crippen LogP contribution is 2.27. The highest BCUT2D eigenvalue weighted by molar-refractivity contribution is 9.10. The Balaban J connectivity index is 2.34. The molecule has 0 bridgehead atoms. The van der Waals surface area contributed by atoms with Crippen LogP contribution in [0.25, 0.3) is 0 Å². The number of sulfonamides is 1. The summed E-state index contributed by atoms with van der Waals surface area (Å²) in [5, 5.41) is 9.15. The van der Waals surface area contributed by atoms with Crippen LogP contribution < -0.4 is 0 Å². The Labute approximate surface area is 125 Å². The summed E-state index contributed by atoms with van der Waals surface area (Å²) in [4.78, 5) is 0.00434. The number of ether oxygens (including phenoxy) is 1. The largest absolute Gasteiger partial charge is 0.394 e. The number of hydrogen-bond donors (Lipinski definition) is 1. The quantitative estimate of drug-likeness (QED) is 0.875. The van der Waals surface area contributed by atoms with Gasteiger partial charge in [0.1, 0.15) is 5.82 Å². The fourth-order valence-corrected chi connectivity index (χ4v) is 4.68. The third-order valence-corrected chi connectivity index (χ3v) is 5.82. The molecule has 8 heteroatoms. The normalized spacial score (nSPS) is 24.8. The molecule has 2 unspecified atom stereocenters. The zero-order valence-corrected chi connectivity index (χ0v) is 13.2. The van der Waals surface area contributed by atoms with E-state index in [1.807, 2.05) is 0 Å². The van der Waals surface area contributed by atoms with Gasteiger partial charge in [0.25, 0.3) is 0 Å². The molecule has 1 saturated heterocycles. The molecule has 1 aromatic rings. The van der Waals surface area contributed by atoms with Crippen molar-refractivity contribution < 1.29 is 22.7 Å². The van der Waals surface area contributed by atoms with E-state index < -0.39 is 21.9 Å². The third-order valence-electron chi connectivity index (χ3n) is 3.01. The minimum absolute atomic E-state index is 0.00434. The molecule has 1 heterocycles. The Morgan fingerprint density at radius 1 is 1.50 bits per heavy atom. The van der Waals surface area contributed by atoms with Crippen LogP contribution in [-0.4, -0.2) is 49.7 Å². The Morgan fingerprint density at radius 2 is 2.20 bits per heavy atom. The van der Waals surface area contributed by atoms with Crippen LogP contribution in [0.2, 0.25) is 0 Å². The second-order valence-electron chi connectivity index (χ2n) is 4.65. The number of halogens is 2. The zero-order chi connectivity index (χ0) is 14.9. The molecule has 1 aromatic carbocycles. The zero-order valence-electron chi connectivity index (χ0n) is 10.8. The first-order valence-electron chi connectivity index (χ1n) is 6.06. The Kier molecular flexibility index (Phi) is 4.80. The van der Waals surface area contributed by atoms with Crippen molar-refractivity contribution in [3.8, 4) is 0 Å². The first-order valence-corrected chi connectivity index (χ1v) is 8.29. The summed E-state index contributed by atoms with van der Waals surface area (Å²) in [6.45, 7) is 1.76. The smallest absolute Gasteiger partial charge is 0.244 e. The first kappa shape index (κ1) is 15.8. The summed E-state index contributed by atoms with van der Waals surface area (Å²) >= 11 is 3.07. The van der Waals surface area contributed by atoms with Gasteiger partial charge >= 0.3 is 0 Å². The molecule has 1 aliphatic rings. The van der Waals surface area contributed by atoms with Crippen molar-refractivity contribution in [3.05, 3.63) is 28.5 Å². The second kappa shape index (κ2) is 6.07. The van der Waals surface area contributed by atoms with Gasteiger partial charge in [0.2, 0.25) is 10.0 Å². The summed E-state index contributed by atoms with van der Waals surface area (Å²) < 4.78 is 45.0. The van der Waals surface area contributed by atoms with Crippen molar-refractivity contribution in [1.29, 1.82) is 0 Å². The van der Waals surface area contributed by atoms with E-state index in [4.69, 9.17) is 9.84 Å². The molecule has 2 atom stereocenters. The van der Waals surface area contributed by atoms with E-state index in [-0.39, 0.29) is 35.2 Å². The minimum atomic E-state index is -3.76. The molecule has 0 radical (unpaired) electrons. The van der Waals surface area contributed by atoms with Crippen LogP contribution in [0.1, 0.15) is 6.92 Å². The molecule has 112 valence electrons. The molecule has 2 rings (SSSR count). The van der Waals surface area contributed by atoms with Crippen LogP contribution in [0.4, 0.5) is 4.39 Å². The molecule has 0 aliphatic carbocycles. The van der Waals surface area contributed by atoms with Gasteiger partial charge in [-0.15, -0.1) is 0 Å². The highest BCUT2D eigenvalue weighted by Gasteiger charge is 2.34. The Hall–Kier alpha value is -0.540. The summed E-state index contributed by atoms with van der Waals surface area (Å²) in [5.74, 6) is -0.514. The molecule has 0 aromatic heterocycles. The predicted molar refractivity (Wildman–Crippen MR) is 74.3 cm³/mol. The lowest BCUT2D eigenvalue weighted by molar-refractivity contribution is -0.0750. The topological polar surface area (TPSA) is 66.8 Å². The maximum absolute atomic E-state index is 13.1. The number of benzene rings is 1. The number of aliphatic hydroxyl groups is 1. The SMILES string of the molecule is CC1CN(S(=O)(=O)c2ccc(F)cc2Br)CC(CO)O1. The lowest BCUT2D eigenvalue weighted by Crippen LogP contribution is -2.50. The van der Waals surface area contributed by atoms with Gasteiger partial charge in [0.05, 0.1) is 23.7 Å². The summed E-state index contributed by atoms with van der Waals surface area (Å²) in [7, 11) is -3.76. The van der Waals surface area contributed by atoms with E-state index in [2.05, 4.69) is 15.9 Å². The van der Waals surface area contributed by atoms with E-state index in [9.17, 15) is 12.8 Å². The van der Waals surface area contributed by atoms with Crippen LogP contribution in [0.5, 0.6) is 0 Å². The molecular formula is C12H15BrFNO4S. The Bertz CT molecular complexity index is 595. The number of rotatable bonds is 3. The van der Waals surface area contributed by atoms with Crippen molar-refractivity contribution in [1.82, 2.24) is 4.31 Å². The van der Waals surface area contributed by atoms with Gasteiger partial charge in [-0.1, -0.05) is 0 Å². The van der Waals surface area contributed by atoms with Crippen molar-refractivity contribution in [2.45, 2.75) is 24.0 Å². The molecule has 1 aliphatic heterocycles. The third kappa shape index (κ3) is 3.20. The predicted octanol–water partition coefficient (Wildman–Crippen LogP) is 1.36. The first-order chi connectivity index (χ1) is 9.34. The number of nitrogens with zero attached hydrogens (tertiary/aromatic N) is 1. The fourth-order valence-electron chi connectivity index (χ4n) is 2.12. The number of hydrogen-bond acceptors (Lipinski definition) is 4. The number of aliphatic hydroxyl groups excluding tert-OH is 1. The van der Waals surface area contributed by atoms with Gasteiger partial charge in [-0.25, -0.2) is 12.8 Å². The Morgan fingerprint density at radius 3 is 2.80 bits per heavy atom. The molecule has 20 heavy (non-hydrogen) atoms. The molecule has 5 nitrogen and oxygen atoms in total. The standard InChI is InChI=1S/C12H15BrFNO4S/c1-8-5-15(6-10(7-16)19-8)20(17,18)12-3-2-9(14)4-11(12)13/h2-4,8,10,16H,5-7H2,1H3. The molecule has 1 fully saturated rings. The summed E-state index contributed by atoms with van der Waals surface area (Å²) in [5.41, 5.74) is 0. The van der Waals surface area contributed by atoms with E-state index in [0.717, 1.165) is 12.1 Å². The van der Waals surface area contributed by atoms with Gasteiger partial charge in [0, 0.05) is 17.6 Å². The van der Waals surface area contributed by atoms with E-state index in [1.165, 1.54) is 10.4 Å². The van der Waals surface area contributed by atoms with Crippen LogP contribution in [0.3, 0.4) is 0 Å². The maximum atomic E-state index is 13.1. The minimum Gasteiger partial charge on any atom is -0.394 e. The van der Waals surface area contributed by atoms with Crippen LogP contribution in [0.15, 0.2) is 27.6 Å². The average Bonchev–Trinajstić information content (AvgIpc) is 2.37. The maximum Gasteiger partial charge on any atom is 0.244 e. The van der Waals surface area contributed by atoms with E-state index in [1.54, 1.807) is 6.92 Å². The van der Waals surface area contributed by atoms with Crippen molar-refractivity contribution in [2.75, 3.05) is 19.7 Å². The average molecular weight is 368 g/mol. The second-order valence-corrected chi connectivity index (χ2v) is 7.41. The molecule has 0 saturated carbocycles. The molecule has 0 amide bonds. The summed E-state index contributed by atoms with van der Waals surface area (Å²) in [6, 6.07) is 3.44. The van der Waals surface area contributed by atoms with Crippen molar-refractivity contribution >= 4 is 26.0 Å². The van der Waals surface area contributed by atoms with Gasteiger partial charge in [-0.3, -0.25) is 0 Å². The molecule has 1 N–H and O–H groups in total. The highest BCUT2D eigenvalue weighted by atomic mass is 79.9. The lowest BCUT2D eigenvalue weighted by Gasteiger charge is -2.35. The molecular weight excluding hydrogens is 353 g/mol.